The lowest BCUT2D eigenvalue weighted by atomic mass is 10.0. The van der Waals surface area contributed by atoms with Gasteiger partial charge in [-0.2, -0.15) is 0 Å². The molecule has 2 heterocycles. The molecule has 5 heteroatoms. The van der Waals surface area contributed by atoms with Crippen molar-refractivity contribution >= 4 is 5.82 Å². The summed E-state index contributed by atoms with van der Waals surface area (Å²) in [5.74, 6) is 2.31. The smallest absolute Gasteiger partial charge is 0.130 e. The molecule has 0 atom stereocenters. The topological polar surface area (TPSA) is 59.9 Å². The Morgan fingerprint density at radius 3 is 2.52 bits per heavy atom. The van der Waals surface area contributed by atoms with Crippen LogP contribution in [0.2, 0.25) is 0 Å². The quantitative estimate of drug-likeness (QED) is 0.688. The molecule has 2 aromatic heterocycles. The van der Waals surface area contributed by atoms with Gasteiger partial charge in [0, 0.05) is 36.1 Å². The van der Waals surface area contributed by atoms with Crippen LogP contribution < -0.4 is 10.1 Å². The first-order valence-corrected chi connectivity index (χ1v) is 8.00. The van der Waals surface area contributed by atoms with Gasteiger partial charge in [-0.25, -0.2) is 9.97 Å². The van der Waals surface area contributed by atoms with E-state index in [4.69, 9.17) is 4.74 Å². The van der Waals surface area contributed by atoms with Crippen molar-refractivity contribution in [3.05, 3.63) is 67.3 Å². The second-order valence-corrected chi connectivity index (χ2v) is 5.55. The molecule has 0 fully saturated rings. The van der Waals surface area contributed by atoms with Crippen LogP contribution >= 0.6 is 0 Å². The molecule has 0 amide bonds. The van der Waals surface area contributed by atoms with Gasteiger partial charge in [0.15, 0.2) is 0 Å². The molecule has 1 N–H and O–H groups in total. The molecule has 0 saturated heterocycles. The molecule has 0 aliphatic heterocycles. The van der Waals surface area contributed by atoms with E-state index < -0.39 is 0 Å². The fraction of sp³-hybridized carbons (Fsp3) is 0.150. The number of nitrogens with zero attached hydrogens (tertiary/aromatic N) is 3. The predicted molar refractivity (Wildman–Crippen MR) is 101 cm³/mol. The molecule has 1 aromatic carbocycles. The molecule has 0 spiro atoms. The third kappa shape index (κ3) is 4.01. The molecule has 25 heavy (non-hydrogen) atoms. The first-order chi connectivity index (χ1) is 12.2. The standard InChI is InChI=1S/C20H20N4O/c1-4-9-22-20-11-19(23-14(2)24-20)17-10-16(12-21-13-17)15-5-7-18(25-3)8-6-15/h4-8,10-13H,1,9H2,2-3H3,(H,22,23,24). The van der Waals surface area contributed by atoms with E-state index in [1.807, 2.05) is 49.6 Å². The third-order valence-electron chi connectivity index (χ3n) is 3.72. The van der Waals surface area contributed by atoms with Crippen LogP contribution in [-0.2, 0) is 0 Å². The number of anilines is 1. The minimum Gasteiger partial charge on any atom is -0.497 e. The van der Waals surface area contributed by atoms with E-state index in [1.54, 1.807) is 13.2 Å². The molecule has 0 bridgehead atoms. The maximum atomic E-state index is 5.21. The van der Waals surface area contributed by atoms with Crippen molar-refractivity contribution in [3.63, 3.8) is 0 Å². The van der Waals surface area contributed by atoms with Crippen molar-refractivity contribution in [2.45, 2.75) is 6.92 Å². The van der Waals surface area contributed by atoms with Gasteiger partial charge in [0.1, 0.15) is 17.4 Å². The molecule has 0 saturated carbocycles. The van der Waals surface area contributed by atoms with Crippen molar-refractivity contribution < 1.29 is 4.74 Å². The highest BCUT2D eigenvalue weighted by Gasteiger charge is 2.07. The Bertz CT molecular complexity index is 875. The molecule has 3 rings (SSSR count). The summed E-state index contributed by atoms with van der Waals surface area (Å²) in [5.41, 5.74) is 3.88. The van der Waals surface area contributed by atoms with Crippen molar-refractivity contribution in [2.24, 2.45) is 0 Å². The summed E-state index contributed by atoms with van der Waals surface area (Å²) in [6, 6.07) is 11.9. The number of rotatable bonds is 6. The summed E-state index contributed by atoms with van der Waals surface area (Å²) in [6.45, 7) is 6.24. The summed E-state index contributed by atoms with van der Waals surface area (Å²) >= 11 is 0. The third-order valence-corrected chi connectivity index (χ3v) is 3.72. The van der Waals surface area contributed by atoms with Crippen molar-refractivity contribution in [1.29, 1.82) is 0 Å². The van der Waals surface area contributed by atoms with Crippen LogP contribution in [-0.4, -0.2) is 28.6 Å². The average Bonchev–Trinajstić information content (AvgIpc) is 2.66. The number of aromatic nitrogens is 3. The van der Waals surface area contributed by atoms with E-state index in [0.717, 1.165) is 34.0 Å². The normalized spacial score (nSPS) is 10.3. The van der Waals surface area contributed by atoms with Crippen LogP contribution in [0.15, 0.2) is 61.4 Å². The van der Waals surface area contributed by atoms with Gasteiger partial charge in [0.25, 0.3) is 0 Å². The molecular formula is C20H20N4O. The van der Waals surface area contributed by atoms with Crippen LogP contribution in [0, 0.1) is 6.92 Å². The van der Waals surface area contributed by atoms with Crippen molar-refractivity contribution in [1.82, 2.24) is 15.0 Å². The summed E-state index contributed by atoms with van der Waals surface area (Å²) in [7, 11) is 1.66. The second-order valence-electron chi connectivity index (χ2n) is 5.55. The maximum absolute atomic E-state index is 5.21. The van der Waals surface area contributed by atoms with E-state index in [-0.39, 0.29) is 0 Å². The van der Waals surface area contributed by atoms with Crippen LogP contribution in [0.3, 0.4) is 0 Å². The second kappa shape index (κ2) is 7.57. The van der Waals surface area contributed by atoms with Crippen LogP contribution in [0.1, 0.15) is 5.82 Å². The number of ether oxygens (including phenoxy) is 1. The van der Waals surface area contributed by atoms with Crippen LogP contribution in [0.4, 0.5) is 5.82 Å². The Labute approximate surface area is 147 Å². The van der Waals surface area contributed by atoms with Gasteiger partial charge in [0.2, 0.25) is 0 Å². The average molecular weight is 332 g/mol. The van der Waals surface area contributed by atoms with E-state index in [0.29, 0.717) is 12.4 Å². The Kier molecular flexibility index (Phi) is 5.04. The highest BCUT2D eigenvalue weighted by molar-refractivity contribution is 5.71. The Morgan fingerprint density at radius 1 is 1.04 bits per heavy atom. The zero-order chi connectivity index (χ0) is 17.6. The number of pyridine rings is 1. The molecular weight excluding hydrogens is 312 g/mol. The Balaban J connectivity index is 1.95. The maximum Gasteiger partial charge on any atom is 0.130 e. The number of hydrogen-bond acceptors (Lipinski definition) is 5. The summed E-state index contributed by atoms with van der Waals surface area (Å²) in [5, 5.41) is 3.20. The molecule has 126 valence electrons. The molecule has 0 unspecified atom stereocenters. The van der Waals surface area contributed by atoms with E-state index in [9.17, 15) is 0 Å². The minimum absolute atomic E-state index is 0.653. The van der Waals surface area contributed by atoms with E-state index in [1.165, 1.54) is 0 Å². The Morgan fingerprint density at radius 2 is 1.80 bits per heavy atom. The SMILES string of the molecule is C=CCNc1cc(-c2cncc(-c3ccc(OC)cc3)c2)nc(C)n1. The summed E-state index contributed by atoms with van der Waals surface area (Å²) in [4.78, 5) is 13.3. The fourth-order valence-electron chi connectivity index (χ4n) is 2.50. The van der Waals surface area contributed by atoms with Gasteiger partial charge in [-0.1, -0.05) is 18.2 Å². The molecule has 0 aliphatic rings. The lowest BCUT2D eigenvalue weighted by Crippen LogP contribution is -2.03. The summed E-state index contributed by atoms with van der Waals surface area (Å²) in [6.07, 6.45) is 5.45. The number of benzene rings is 1. The molecule has 0 radical (unpaired) electrons. The zero-order valence-electron chi connectivity index (χ0n) is 14.4. The van der Waals surface area contributed by atoms with Gasteiger partial charge in [-0.15, -0.1) is 6.58 Å². The zero-order valence-corrected chi connectivity index (χ0v) is 14.4. The predicted octanol–water partition coefficient (Wildman–Crippen LogP) is 4.12. The monoisotopic (exact) mass is 332 g/mol. The number of aryl methyl sites for hydroxylation is 1. The van der Waals surface area contributed by atoms with Gasteiger partial charge < -0.3 is 10.1 Å². The van der Waals surface area contributed by atoms with Crippen LogP contribution in [0.5, 0.6) is 5.75 Å². The van der Waals surface area contributed by atoms with Gasteiger partial charge >= 0.3 is 0 Å². The first kappa shape index (κ1) is 16.6. The first-order valence-electron chi connectivity index (χ1n) is 8.00. The highest BCUT2D eigenvalue weighted by atomic mass is 16.5. The van der Waals surface area contributed by atoms with Crippen molar-refractivity contribution in [3.8, 4) is 28.1 Å². The number of nitrogens with one attached hydrogen (secondary N) is 1. The van der Waals surface area contributed by atoms with Crippen molar-refractivity contribution in [2.75, 3.05) is 19.0 Å². The highest BCUT2D eigenvalue weighted by Crippen LogP contribution is 2.26. The minimum atomic E-state index is 0.653. The van der Waals surface area contributed by atoms with Gasteiger partial charge in [-0.3, -0.25) is 4.98 Å². The van der Waals surface area contributed by atoms with Gasteiger partial charge in [0.05, 0.1) is 12.8 Å². The number of hydrogen-bond donors (Lipinski definition) is 1. The lowest BCUT2D eigenvalue weighted by molar-refractivity contribution is 0.415. The largest absolute Gasteiger partial charge is 0.497 e. The number of methoxy groups -OCH3 is 1. The van der Waals surface area contributed by atoms with E-state index in [2.05, 4.69) is 32.9 Å². The van der Waals surface area contributed by atoms with E-state index >= 15 is 0 Å². The summed E-state index contributed by atoms with van der Waals surface area (Å²) < 4.78 is 5.21. The molecule has 3 aromatic rings. The molecule has 5 nitrogen and oxygen atoms in total. The fourth-order valence-corrected chi connectivity index (χ4v) is 2.50. The van der Waals surface area contributed by atoms with Crippen LogP contribution in [0.25, 0.3) is 22.4 Å². The molecule has 0 aliphatic carbocycles. The van der Waals surface area contributed by atoms with Gasteiger partial charge in [-0.05, 0) is 30.7 Å². The lowest BCUT2D eigenvalue weighted by Gasteiger charge is -2.09. The Hall–Kier alpha value is -3.21.